The second-order valence-electron chi connectivity index (χ2n) is 5.16. The van der Waals surface area contributed by atoms with E-state index in [2.05, 4.69) is 33.5 Å². The Labute approximate surface area is 123 Å². The van der Waals surface area contributed by atoms with Crippen molar-refractivity contribution in [1.29, 1.82) is 0 Å². The standard InChI is InChI=1S/C15H21BrN2O/c1-2-15(7-9-17-10-8-15)14(19)18-11-12-5-3-4-6-13(12)16/h3-6,17H,2,7-11H2,1H3,(H,18,19). The summed E-state index contributed by atoms with van der Waals surface area (Å²) in [6.07, 6.45) is 2.78. The molecule has 1 aromatic carbocycles. The summed E-state index contributed by atoms with van der Waals surface area (Å²) < 4.78 is 1.05. The first-order valence-electron chi connectivity index (χ1n) is 6.90. The van der Waals surface area contributed by atoms with Crippen molar-refractivity contribution in [3.05, 3.63) is 34.3 Å². The summed E-state index contributed by atoms with van der Waals surface area (Å²) in [7, 11) is 0. The van der Waals surface area contributed by atoms with Gasteiger partial charge in [0, 0.05) is 11.0 Å². The minimum atomic E-state index is -0.174. The number of benzene rings is 1. The maximum absolute atomic E-state index is 12.5. The van der Waals surface area contributed by atoms with Gasteiger partial charge in [-0.2, -0.15) is 0 Å². The van der Waals surface area contributed by atoms with Crippen molar-refractivity contribution in [2.75, 3.05) is 13.1 Å². The van der Waals surface area contributed by atoms with Gasteiger partial charge in [-0.3, -0.25) is 4.79 Å². The van der Waals surface area contributed by atoms with Gasteiger partial charge in [0.05, 0.1) is 5.41 Å². The first-order valence-corrected chi connectivity index (χ1v) is 7.70. The van der Waals surface area contributed by atoms with Crippen molar-refractivity contribution < 1.29 is 4.79 Å². The van der Waals surface area contributed by atoms with Gasteiger partial charge >= 0.3 is 0 Å². The van der Waals surface area contributed by atoms with Crippen LogP contribution >= 0.6 is 15.9 Å². The highest BCUT2D eigenvalue weighted by molar-refractivity contribution is 9.10. The topological polar surface area (TPSA) is 41.1 Å². The van der Waals surface area contributed by atoms with Crippen molar-refractivity contribution in [3.8, 4) is 0 Å². The van der Waals surface area contributed by atoms with E-state index >= 15 is 0 Å². The molecular formula is C15H21BrN2O. The van der Waals surface area contributed by atoms with Crippen LogP contribution in [-0.2, 0) is 11.3 Å². The predicted octanol–water partition coefficient (Wildman–Crippen LogP) is 2.85. The third-order valence-corrected chi connectivity index (χ3v) is 4.89. The molecule has 1 fully saturated rings. The first-order chi connectivity index (χ1) is 9.18. The van der Waals surface area contributed by atoms with Crippen molar-refractivity contribution in [1.82, 2.24) is 10.6 Å². The molecule has 0 aromatic heterocycles. The molecule has 0 unspecified atom stereocenters. The number of hydrogen-bond acceptors (Lipinski definition) is 2. The summed E-state index contributed by atoms with van der Waals surface area (Å²) in [4.78, 5) is 12.5. The maximum Gasteiger partial charge on any atom is 0.226 e. The third-order valence-electron chi connectivity index (χ3n) is 4.12. The zero-order chi connectivity index (χ0) is 13.7. The average Bonchev–Trinajstić information content (AvgIpc) is 2.46. The molecule has 1 heterocycles. The van der Waals surface area contributed by atoms with Gasteiger partial charge in [-0.1, -0.05) is 41.1 Å². The fraction of sp³-hybridized carbons (Fsp3) is 0.533. The Kier molecular flexibility index (Phi) is 4.99. The van der Waals surface area contributed by atoms with Gasteiger partial charge in [-0.05, 0) is 44.0 Å². The molecule has 0 bridgehead atoms. The molecule has 0 spiro atoms. The molecule has 19 heavy (non-hydrogen) atoms. The van der Waals surface area contributed by atoms with Gasteiger partial charge in [-0.15, -0.1) is 0 Å². The van der Waals surface area contributed by atoms with Crippen LogP contribution < -0.4 is 10.6 Å². The van der Waals surface area contributed by atoms with E-state index in [0.717, 1.165) is 42.4 Å². The molecule has 3 nitrogen and oxygen atoms in total. The number of hydrogen-bond donors (Lipinski definition) is 2. The fourth-order valence-electron chi connectivity index (χ4n) is 2.65. The molecule has 1 aliphatic heterocycles. The lowest BCUT2D eigenvalue weighted by molar-refractivity contribution is -0.133. The van der Waals surface area contributed by atoms with Gasteiger partial charge in [0.1, 0.15) is 0 Å². The number of carbonyl (C=O) groups is 1. The fourth-order valence-corrected chi connectivity index (χ4v) is 3.08. The number of piperidine rings is 1. The van der Waals surface area contributed by atoms with Gasteiger partial charge < -0.3 is 10.6 Å². The Hall–Kier alpha value is -0.870. The number of nitrogens with one attached hydrogen (secondary N) is 2. The zero-order valence-corrected chi connectivity index (χ0v) is 12.9. The lowest BCUT2D eigenvalue weighted by Crippen LogP contribution is -2.47. The van der Waals surface area contributed by atoms with E-state index in [0.29, 0.717) is 6.54 Å². The van der Waals surface area contributed by atoms with E-state index < -0.39 is 0 Å². The molecule has 0 aliphatic carbocycles. The molecule has 0 atom stereocenters. The Bertz CT molecular complexity index is 442. The Morgan fingerprint density at radius 3 is 2.68 bits per heavy atom. The molecule has 104 valence electrons. The summed E-state index contributed by atoms with van der Waals surface area (Å²) in [5.41, 5.74) is 0.947. The van der Waals surface area contributed by atoms with Crippen molar-refractivity contribution in [2.24, 2.45) is 5.41 Å². The Morgan fingerprint density at radius 1 is 1.37 bits per heavy atom. The summed E-state index contributed by atoms with van der Waals surface area (Å²) in [5.74, 6) is 0.201. The highest BCUT2D eigenvalue weighted by Crippen LogP contribution is 2.32. The second-order valence-corrected chi connectivity index (χ2v) is 6.01. The van der Waals surface area contributed by atoms with E-state index in [9.17, 15) is 4.79 Å². The highest BCUT2D eigenvalue weighted by atomic mass is 79.9. The minimum absolute atomic E-state index is 0.174. The third kappa shape index (κ3) is 3.37. The van der Waals surface area contributed by atoms with Crippen molar-refractivity contribution in [2.45, 2.75) is 32.7 Å². The predicted molar refractivity (Wildman–Crippen MR) is 80.8 cm³/mol. The van der Waals surface area contributed by atoms with E-state index in [1.807, 2.05) is 24.3 Å². The summed E-state index contributed by atoms with van der Waals surface area (Å²) in [6, 6.07) is 8.01. The molecule has 1 aliphatic rings. The Morgan fingerprint density at radius 2 is 2.05 bits per heavy atom. The largest absolute Gasteiger partial charge is 0.352 e. The van der Waals surface area contributed by atoms with E-state index in [-0.39, 0.29) is 11.3 Å². The molecule has 0 radical (unpaired) electrons. The average molecular weight is 325 g/mol. The molecule has 2 N–H and O–H groups in total. The van der Waals surface area contributed by atoms with Crippen LogP contribution in [0.15, 0.2) is 28.7 Å². The van der Waals surface area contributed by atoms with Gasteiger partial charge in [0.25, 0.3) is 0 Å². The Balaban J connectivity index is 1.98. The monoisotopic (exact) mass is 324 g/mol. The molecule has 4 heteroatoms. The first kappa shape index (κ1) is 14.5. The van der Waals surface area contributed by atoms with Crippen molar-refractivity contribution in [3.63, 3.8) is 0 Å². The van der Waals surface area contributed by atoms with Crippen LogP contribution in [0.3, 0.4) is 0 Å². The molecule has 1 saturated heterocycles. The molecular weight excluding hydrogens is 304 g/mol. The normalized spacial score (nSPS) is 18.0. The lowest BCUT2D eigenvalue weighted by Gasteiger charge is -2.35. The van der Waals surface area contributed by atoms with Crippen LogP contribution in [0.5, 0.6) is 0 Å². The summed E-state index contributed by atoms with van der Waals surface area (Å²) in [6.45, 7) is 4.59. The van der Waals surface area contributed by atoms with Crippen LogP contribution in [0.1, 0.15) is 31.7 Å². The number of rotatable bonds is 4. The summed E-state index contributed by atoms with van der Waals surface area (Å²) >= 11 is 3.51. The van der Waals surface area contributed by atoms with Crippen LogP contribution in [0, 0.1) is 5.41 Å². The van der Waals surface area contributed by atoms with E-state index in [4.69, 9.17) is 0 Å². The molecule has 1 aromatic rings. The van der Waals surface area contributed by atoms with Crippen LogP contribution in [0.25, 0.3) is 0 Å². The zero-order valence-electron chi connectivity index (χ0n) is 11.3. The van der Waals surface area contributed by atoms with Crippen molar-refractivity contribution >= 4 is 21.8 Å². The molecule has 0 saturated carbocycles. The van der Waals surface area contributed by atoms with E-state index in [1.54, 1.807) is 0 Å². The highest BCUT2D eigenvalue weighted by Gasteiger charge is 2.37. The second kappa shape index (κ2) is 6.53. The molecule has 1 amide bonds. The maximum atomic E-state index is 12.5. The summed E-state index contributed by atoms with van der Waals surface area (Å²) in [5, 5.41) is 6.43. The smallest absolute Gasteiger partial charge is 0.226 e. The van der Waals surface area contributed by atoms with Crippen LogP contribution in [0.4, 0.5) is 0 Å². The number of carbonyl (C=O) groups excluding carboxylic acids is 1. The lowest BCUT2D eigenvalue weighted by atomic mass is 9.76. The minimum Gasteiger partial charge on any atom is -0.352 e. The quantitative estimate of drug-likeness (QED) is 0.894. The van der Waals surface area contributed by atoms with E-state index in [1.165, 1.54) is 0 Å². The number of halogens is 1. The number of amides is 1. The van der Waals surface area contributed by atoms with Crippen LogP contribution in [-0.4, -0.2) is 19.0 Å². The molecule has 2 rings (SSSR count). The SMILES string of the molecule is CCC1(C(=O)NCc2ccccc2Br)CCNCC1. The van der Waals surface area contributed by atoms with Crippen LogP contribution in [0.2, 0.25) is 0 Å². The van der Waals surface area contributed by atoms with Gasteiger partial charge in [-0.25, -0.2) is 0 Å². The van der Waals surface area contributed by atoms with Gasteiger partial charge in [0.2, 0.25) is 5.91 Å². The van der Waals surface area contributed by atoms with Gasteiger partial charge in [0.15, 0.2) is 0 Å².